The number of nitrogens with zero attached hydrogens (tertiary/aromatic N) is 2. The second-order valence-corrected chi connectivity index (χ2v) is 4.62. The maximum Gasteiger partial charge on any atom is 0.323 e. The van der Waals surface area contributed by atoms with E-state index in [1.54, 1.807) is 0 Å². The molecule has 0 atom stereocenters. The van der Waals surface area contributed by atoms with Gasteiger partial charge in [0.2, 0.25) is 5.91 Å². The summed E-state index contributed by atoms with van der Waals surface area (Å²) in [5, 5.41) is 8.72. The zero-order valence-electron chi connectivity index (χ0n) is 10.6. The highest BCUT2D eigenvalue weighted by Gasteiger charge is 2.17. The molecule has 0 heterocycles. The van der Waals surface area contributed by atoms with Crippen LogP contribution in [0.5, 0.6) is 0 Å². The topological polar surface area (TPSA) is 60.9 Å². The quantitative estimate of drug-likeness (QED) is 0.692. The van der Waals surface area contributed by atoms with Crippen LogP contribution in [0.2, 0.25) is 0 Å². The molecule has 0 bridgehead atoms. The molecule has 0 aromatic heterocycles. The van der Waals surface area contributed by atoms with E-state index in [1.807, 2.05) is 32.8 Å². The van der Waals surface area contributed by atoms with Crippen molar-refractivity contribution in [3.63, 3.8) is 0 Å². The second-order valence-electron chi connectivity index (χ2n) is 4.62. The molecule has 0 aromatic carbocycles. The Bertz CT molecular complexity index is 239. The Morgan fingerprint density at radius 1 is 1.25 bits per heavy atom. The number of hydrogen-bond acceptors (Lipinski definition) is 3. The van der Waals surface area contributed by atoms with Crippen LogP contribution in [-0.4, -0.2) is 60.5 Å². The van der Waals surface area contributed by atoms with E-state index in [-0.39, 0.29) is 18.4 Å². The molecule has 0 radical (unpaired) electrons. The van der Waals surface area contributed by atoms with Gasteiger partial charge in [-0.3, -0.25) is 9.59 Å². The molecule has 5 heteroatoms. The summed E-state index contributed by atoms with van der Waals surface area (Å²) in [4.78, 5) is 25.7. The minimum Gasteiger partial charge on any atom is -0.480 e. The Morgan fingerprint density at radius 2 is 1.81 bits per heavy atom. The van der Waals surface area contributed by atoms with E-state index in [0.29, 0.717) is 19.5 Å². The number of aliphatic carboxylic acids is 1. The molecule has 5 nitrogen and oxygen atoms in total. The van der Waals surface area contributed by atoms with Crippen molar-refractivity contribution >= 4 is 11.9 Å². The molecule has 0 aromatic rings. The Kier molecular flexibility index (Phi) is 6.72. The zero-order valence-corrected chi connectivity index (χ0v) is 10.6. The van der Waals surface area contributed by atoms with Gasteiger partial charge in [-0.15, -0.1) is 0 Å². The molecule has 16 heavy (non-hydrogen) atoms. The molecule has 94 valence electrons. The highest BCUT2D eigenvalue weighted by molar-refractivity contribution is 5.81. The normalized spacial score (nSPS) is 10.9. The molecular weight excluding hydrogens is 208 g/mol. The van der Waals surface area contributed by atoms with Crippen molar-refractivity contribution in [1.82, 2.24) is 9.80 Å². The summed E-state index contributed by atoms with van der Waals surface area (Å²) >= 11 is 0. The van der Waals surface area contributed by atoms with Crippen LogP contribution in [0, 0.1) is 5.92 Å². The maximum atomic E-state index is 11.8. The first kappa shape index (κ1) is 14.9. The summed E-state index contributed by atoms with van der Waals surface area (Å²) in [5.74, 6) is -0.772. The molecule has 0 saturated carbocycles. The van der Waals surface area contributed by atoms with Crippen molar-refractivity contribution in [2.75, 3.05) is 33.7 Å². The van der Waals surface area contributed by atoms with Crippen molar-refractivity contribution in [1.29, 1.82) is 0 Å². The number of hydrogen-bond donors (Lipinski definition) is 1. The number of amides is 1. The summed E-state index contributed by atoms with van der Waals surface area (Å²) in [7, 11) is 3.77. The fourth-order valence-corrected chi connectivity index (χ4v) is 1.34. The Labute approximate surface area is 97.0 Å². The van der Waals surface area contributed by atoms with Crippen molar-refractivity contribution in [2.45, 2.75) is 20.3 Å². The first-order chi connectivity index (χ1) is 7.32. The molecule has 0 aliphatic rings. The van der Waals surface area contributed by atoms with Gasteiger partial charge in [0.15, 0.2) is 0 Å². The van der Waals surface area contributed by atoms with E-state index in [4.69, 9.17) is 5.11 Å². The van der Waals surface area contributed by atoms with Crippen molar-refractivity contribution in [3.05, 3.63) is 0 Å². The second kappa shape index (κ2) is 7.22. The average molecular weight is 230 g/mol. The lowest BCUT2D eigenvalue weighted by Crippen LogP contribution is -2.39. The standard InChI is InChI=1S/C11H22N2O3/c1-9(2)7-13(8-11(15)16)10(14)5-6-12(3)4/h9H,5-8H2,1-4H3,(H,15,16). The van der Waals surface area contributed by atoms with E-state index < -0.39 is 5.97 Å². The van der Waals surface area contributed by atoms with Gasteiger partial charge in [0.25, 0.3) is 0 Å². The van der Waals surface area contributed by atoms with Crippen LogP contribution in [-0.2, 0) is 9.59 Å². The van der Waals surface area contributed by atoms with E-state index >= 15 is 0 Å². The van der Waals surface area contributed by atoms with Gasteiger partial charge in [0.1, 0.15) is 6.54 Å². The van der Waals surface area contributed by atoms with E-state index in [2.05, 4.69) is 0 Å². The summed E-state index contributed by atoms with van der Waals surface area (Å²) in [6, 6.07) is 0. The zero-order chi connectivity index (χ0) is 12.7. The van der Waals surface area contributed by atoms with Gasteiger partial charge in [-0.05, 0) is 20.0 Å². The summed E-state index contributed by atoms with van der Waals surface area (Å²) < 4.78 is 0. The van der Waals surface area contributed by atoms with Gasteiger partial charge in [-0.1, -0.05) is 13.8 Å². The summed E-state index contributed by atoms with van der Waals surface area (Å²) in [5.41, 5.74) is 0. The SMILES string of the molecule is CC(C)CN(CC(=O)O)C(=O)CCN(C)C. The largest absolute Gasteiger partial charge is 0.480 e. The Balaban J connectivity index is 4.26. The number of carboxylic acids is 1. The summed E-state index contributed by atoms with van der Waals surface area (Å²) in [6.45, 7) is 4.87. The van der Waals surface area contributed by atoms with E-state index in [0.717, 1.165) is 0 Å². The maximum absolute atomic E-state index is 11.8. The van der Waals surface area contributed by atoms with Crippen LogP contribution in [0.1, 0.15) is 20.3 Å². The van der Waals surface area contributed by atoms with Crippen molar-refractivity contribution in [3.8, 4) is 0 Å². The molecule has 0 saturated heterocycles. The van der Waals surface area contributed by atoms with Gasteiger partial charge >= 0.3 is 5.97 Å². The fraction of sp³-hybridized carbons (Fsp3) is 0.818. The van der Waals surface area contributed by atoms with Gasteiger partial charge < -0.3 is 14.9 Å². The van der Waals surface area contributed by atoms with Crippen molar-refractivity contribution in [2.24, 2.45) is 5.92 Å². The minimum atomic E-state index is -0.959. The highest BCUT2D eigenvalue weighted by atomic mass is 16.4. The van der Waals surface area contributed by atoms with Crippen LogP contribution in [0.3, 0.4) is 0 Å². The lowest BCUT2D eigenvalue weighted by molar-refractivity contribution is -0.144. The van der Waals surface area contributed by atoms with Crippen LogP contribution in [0.15, 0.2) is 0 Å². The first-order valence-electron chi connectivity index (χ1n) is 5.47. The van der Waals surface area contributed by atoms with Crippen LogP contribution in [0.25, 0.3) is 0 Å². The third-order valence-electron chi connectivity index (χ3n) is 2.04. The van der Waals surface area contributed by atoms with Crippen LogP contribution in [0.4, 0.5) is 0 Å². The van der Waals surface area contributed by atoms with Gasteiger partial charge in [0, 0.05) is 19.5 Å². The lowest BCUT2D eigenvalue weighted by atomic mass is 10.2. The third-order valence-corrected chi connectivity index (χ3v) is 2.04. The monoisotopic (exact) mass is 230 g/mol. The fourth-order valence-electron chi connectivity index (χ4n) is 1.34. The van der Waals surface area contributed by atoms with Gasteiger partial charge in [0.05, 0.1) is 0 Å². The van der Waals surface area contributed by atoms with Crippen LogP contribution >= 0.6 is 0 Å². The molecule has 0 fully saturated rings. The number of rotatable bonds is 7. The van der Waals surface area contributed by atoms with Crippen molar-refractivity contribution < 1.29 is 14.7 Å². The molecule has 0 unspecified atom stereocenters. The van der Waals surface area contributed by atoms with Crippen LogP contribution < -0.4 is 0 Å². The average Bonchev–Trinajstić information content (AvgIpc) is 2.11. The molecule has 0 spiro atoms. The smallest absolute Gasteiger partial charge is 0.323 e. The molecule has 0 aliphatic heterocycles. The lowest BCUT2D eigenvalue weighted by Gasteiger charge is -2.23. The predicted molar refractivity (Wildman–Crippen MR) is 62.2 cm³/mol. The molecule has 1 N–H and O–H groups in total. The van der Waals surface area contributed by atoms with E-state index in [1.165, 1.54) is 4.90 Å². The summed E-state index contributed by atoms with van der Waals surface area (Å²) in [6.07, 6.45) is 0.368. The van der Waals surface area contributed by atoms with Gasteiger partial charge in [-0.2, -0.15) is 0 Å². The number of carbonyl (C=O) groups is 2. The molecule has 0 aliphatic carbocycles. The number of carbonyl (C=O) groups excluding carboxylic acids is 1. The highest BCUT2D eigenvalue weighted by Crippen LogP contribution is 2.02. The van der Waals surface area contributed by atoms with E-state index in [9.17, 15) is 9.59 Å². The molecule has 1 amide bonds. The first-order valence-corrected chi connectivity index (χ1v) is 5.47. The predicted octanol–water partition coefficient (Wildman–Crippen LogP) is 0.507. The molecular formula is C11H22N2O3. The van der Waals surface area contributed by atoms with Gasteiger partial charge in [-0.25, -0.2) is 0 Å². The molecule has 0 rings (SSSR count). The third kappa shape index (κ3) is 7.23. The Hall–Kier alpha value is -1.10. The number of carboxylic acid groups (broad SMARTS) is 1. The Morgan fingerprint density at radius 3 is 2.19 bits per heavy atom. The minimum absolute atomic E-state index is 0.0928.